The van der Waals surface area contributed by atoms with E-state index < -0.39 is 0 Å². The van der Waals surface area contributed by atoms with Gasteiger partial charge >= 0.3 is 0 Å². The Hall–Kier alpha value is -0.610. The van der Waals surface area contributed by atoms with Crippen LogP contribution >= 0.6 is 11.6 Å². The maximum Gasteiger partial charge on any atom is 0.0695 e. The molecule has 3 nitrogen and oxygen atoms in total. The van der Waals surface area contributed by atoms with E-state index in [1.54, 1.807) is 0 Å². The lowest BCUT2D eigenvalue weighted by Gasteiger charge is -2.41. The van der Waals surface area contributed by atoms with Gasteiger partial charge in [-0.1, -0.05) is 42.6 Å². The van der Waals surface area contributed by atoms with Crippen molar-refractivity contribution in [2.45, 2.75) is 63.3 Å². The summed E-state index contributed by atoms with van der Waals surface area (Å²) in [7, 11) is 0. The van der Waals surface area contributed by atoms with E-state index in [9.17, 15) is 5.11 Å². The van der Waals surface area contributed by atoms with Crippen molar-refractivity contribution in [1.82, 2.24) is 10.2 Å². The topological polar surface area (TPSA) is 35.5 Å². The minimum absolute atomic E-state index is 0.110. The summed E-state index contributed by atoms with van der Waals surface area (Å²) in [5, 5.41) is 14.7. The van der Waals surface area contributed by atoms with Gasteiger partial charge in [-0.25, -0.2) is 0 Å². The number of aliphatic hydroxyl groups is 1. The standard InChI is InChI=1S/C18H27ClN2O/c19-16-6-2-1-5-14(16)13-20-15-9-11-21(12-10-15)17-7-3-4-8-18(17)22/h1-2,5-6,15,17-18,20,22H,3-4,7-13H2. The Balaban J connectivity index is 1.45. The van der Waals surface area contributed by atoms with Crippen molar-refractivity contribution in [2.24, 2.45) is 0 Å². The van der Waals surface area contributed by atoms with Crippen LogP contribution in [0.3, 0.4) is 0 Å². The van der Waals surface area contributed by atoms with Crippen molar-refractivity contribution in [1.29, 1.82) is 0 Å². The van der Waals surface area contributed by atoms with E-state index in [1.165, 1.54) is 24.8 Å². The van der Waals surface area contributed by atoms with Crippen LogP contribution in [0.2, 0.25) is 5.02 Å². The molecule has 0 amide bonds. The molecule has 0 spiro atoms. The molecule has 22 heavy (non-hydrogen) atoms. The van der Waals surface area contributed by atoms with Crippen molar-refractivity contribution >= 4 is 11.6 Å². The molecule has 0 aromatic heterocycles. The Kier molecular flexibility index (Phi) is 5.75. The van der Waals surface area contributed by atoms with Gasteiger partial charge in [-0.15, -0.1) is 0 Å². The highest BCUT2D eigenvalue weighted by molar-refractivity contribution is 6.31. The third kappa shape index (κ3) is 4.02. The minimum Gasteiger partial charge on any atom is -0.391 e. The average Bonchev–Trinajstić information content (AvgIpc) is 2.55. The Labute approximate surface area is 138 Å². The number of halogens is 1. The molecule has 2 N–H and O–H groups in total. The number of nitrogens with one attached hydrogen (secondary N) is 1. The highest BCUT2D eigenvalue weighted by Gasteiger charge is 2.31. The van der Waals surface area contributed by atoms with Gasteiger partial charge in [0.25, 0.3) is 0 Å². The van der Waals surface area contributed by atoms with E-state index in [1.807, 2.05) is 18.2 Å². The van der Waals surface area contributed by atoms with Gasteiger partial charge in [-0.2, -0.15) is 0 Å². The normalized spacial score (nSPS) is 27.9. The molecular formula is C18H27ClN2O. The van der Waals surface area contributed by atoms with Crippen molar-refractivity contribution in [3.63, 3.8) is 0 Å². The lowest BCUT2D eigenvalue weighted by Crippen LogP contribution is -2.51. The zero-order valence-electron chi connectivity index (χ0n) is 13.2. The first kappa shape index (κ1) is 16.3. The maximum absolute atomic E-state index is 10.2. The number of aliphatic hydroxyl groups excluding tert-OH is 1. The van der Waals surface area contributed by atoms with E-state index in [2.05, 4.69) is 16.3 Å². The van der Waals surface area contributed by atoms with Crippen LogP contribution in [-0.4, -0.2) is 41.3 Å². The summed E-state index contributed by atoms with van der Waals surface area (Å²) in [5.74, 6) is 0. The number of rotatable bonds is 4. The summed E-state index contributed by atoms with van der Waals surface area (Å²) in [6.07, 6.45) is 6.82. The summed E-state index contributed by atoms with van der Waals surface area (Å²) in [6, 6.07) is 9.01. The minimum atomic E-state index is -0.110. The number of hydrogen-bond acceptors (Lipinski definition) is 3. The second-order valence-electron chi connectivity index (χ2n) is 6.70. The molecule has 1 aromatic carbocycles. The number of nitrogens with zero attached hydrogens (tertiary/aromatic N) is 1. The van der Waals surface area contributed by atoms with E-state index in [-0.39, 0.29) is 6.10 Å². The van der Waals surface area contributed by atoms with Gasteiger partial charge in [0.1, 0.15) is 0 Å². The monoisotopic (exact) mass is 322 g/mol. The molecule has 4 heteroatoms. The number of likely N-dealkylation sites (tertiary alicyclic amines) is 1. The molecular weight excluding hydrogens is 296 g/mol. The summed E-state index contributed by atoms with van der Waals surface area (Å²) in [6.45, 7) is 3.04. The van der Waals surface area contributed by atoms with Gasteiger partial charge in [0.05, 0.1) is 6.10 Å². The van der Waals surface area contributed by atoms with Crippen LogP contribution in [-0.2, 0) is 6.54 Å². The molecule has 0 bridgehead atoms. The van der Waals surface area contributed by atoms with E-state index in [0.29, 0.717) is 12.1 Å². The van der Waals surface area contributed by atoms with Crippen LogP contribution in [0.5, 0.6) is 0 Å². The number of hydrogen-bond donors (Lipinski definition) is 2. The molecule has 3 rings (SSSR count). The van der Waals surface area contributed by atoms with Gasteiger partial charge in [-0.05, 0) is 37.3 Å². The largest absolute Gasteiger partial charge is 0.391 e. The van der Waals surface area contributed by atoms with Crippen LogP contribution in [0.4, 0.5) is 0 Å². The first-order valence-electron chi connectivity index (χ1n) is 8.63. The van der Waals surface area contributed by atoms with Crippen LogP contribution in [0.1, 0.15) is 44.1 Å². The fourth-order valence-corrected chi connectivity index (χ4v) is 4.05. The third-order valence-corrected chi connectivity index (χ3v) is 5.60. The summed E-state index contributed by atoms with van der Waals surface area (Å²) in [5.41, 5.74) is 1.18. The second kappa shape index (κ2) is 7.78. The SMILES string of the molecule is OC1CCCCC1N1CCC(NCc2ccccc2Cl)CC1. The van der Waals surface area contributed by atoms with Crippen molar-refractivity contribution in [2.75, 3.05) is 13.1 Å². The molecule has 1 aliphatic carbocycles. The summed E-state index contributed by atoms with van der Waals surface area (Å²) >= 11 is 6.21. The van der Waals surface area contributed by atoms with Gasteiger partial charge < -0.3 is 10.4 Å². The molecule has 1 aromatic rings. The first-order chi connectivity index (χ1) is 10.7. The molecule has 2 unspecified atom stereocenters. The first-order valence-corrected chi connectivity index (χ1v) is 9.01. The number of benzene rings is 1. The Morgan fingerprint density at radius 3 is 2.55 bits per heavy atom. The summed E-state index contributed by atoms with van der Waals surface area (Å²) in [4.78, 5) is 2.51. The van der Waals surface area contributed by atoms with Gasteiger partial charge in [-0.3, -0.25) is 4.90 Å². The predicted molar refractivity (Wildman–Crippen MR) is 91.1 cm³/mol. The number of piperidine rings is 1. The zero-order valence-corrected chi connectivity index (χ0v) is 13.9. The molecule has 1 saturated heterocycles. The van der Waals surface area contributed by atoms with Gasteiger partial charge in [0.15, 0.2) is 0 Å². The Morgan fingerprint density at radius 2 is 1.82 bits per heavy atom. The Bertz CT molecular complexity index is 474. The molecule has 2 fully saturated rings. The van der Waals surface area contributed by atoms with E-state index in [4.69, 9.17) is 11.6 Å². The van der Waals surface area contributed by atoms with Crippen molar-refractivity contribution in [3.05, 3.63) is 34.9 Å². The second-order valence-corrected chi connectivity index (χ2v) is 7.11. The molecule has 1 heterocycles. The van der Waals surface area contributed by atoms with Crippen LogP contribution < -0.4 is 5.32 Å². The van der Waals surface area contributed by atoms with E-state index >= 15 is 0 Å². The van der Waals surface area contributed by atoms with Crippen LogP contribution in [0.25, 0.3) is 0 Å². The maximum atomic E-state index is 10.2. The zero-order chi connectivity index (χ0) is 15.4. The van der Waals surface area contributed by atoms with Crippen LogP contribution in [0, 0.1) is 0 Å². The highest BCUT2D eigenvalue weighted by Crippen LogP contribution is 2.26. The molecule has 0 radical (unpaired) electrons. The van der Waals surface area contributed by atoms with E-state index in [0.717, 1.165) is 43.9 Å². The van der Waals surface area contributed by atoms with Gasteiger partial charge in [0.2, 0.25) is 0 Å². The van der Waals surface area contributed by atoms with Crippen molar-refractivity contribution in [3.8, 4) is 0 Å². The smallest absolute Gasteiger partial charge is 0.0695 e. The fourth-order valence-electron chi connectivity index (χ4n) is 3.85. The summed E-state index contributed by atoms with van der Waals surface area (Å²) < 4.78 is 0. The highest BCUT2D eigenvalue weighted by atomic mass is 35.5. The molecule has 122 valence electrons. The molecule has 1 saturated carbocycles. The molecule has 2 atom stereocenters. The lowest BCUT2D eigenvalue weighted by molar-refractivity contribution is 0.00714. The predicted octanol–water partition coefficient (Wildman–Crippen LogP) is 3.20. The quantitative estimate of drug-likeness (QED) is 0.893. The molecule has 2 aliphatic rings. The lowest BCUT2D eigenvalue weighted by atomic mass is 9.89. The van der Waals surface area contributed by atoms with Gasteiger partial charge in [0, 0.05) is 36.7 Å². The molecule has 1 aliphatic heterocycles. The Morgan fingerprint density at radius 1 is 1.09 bits per heavy atom. The van der Waals surface area contributed by atoms with Crippen molar-refractivity contribution < 1.29 is 5.11 Å². The average molecular weight is 323 g/mol. The third-order valence-electron chi connectivity index (χ3n) is 5.23. The fraction of sp³-hybridized carbons (Fsp3) is 0.667. The van der Waals surface area contributed by atoms with Crippen LogP contribution in [0.15, 0.2) is 24.3 Å².